The van der Waals surface area contributed by atoms with E-state index in [0.717, 1.165) is 39.2 Å². The Morgan fingerprint density at radius 1 is 0.617 bits per heavy atom. The second-order valence-corrected chi connectivity index (χ2v) is 12.0. The predicted octanol–water partition coefficient (Wildman–Crippen LogP) is 11.7. The van der Waals surface area contributed by atoms with Crippen molar-refractivity contribution in [3.8, 4) is 17.1 Å². The average molecular weight is 602 g/mol. The molecule has 47 heavy (non-hydrogen) atoms. The lowest BCUT2D eigenvalue weighted by atomic mass is 10.00. The van der Waals surface area contributed by atoms with Gasteiger partial charge in [-0.15, -0.1) is 0 Å². The van der Waals surface area contributed by atoms with Crippen LogP contribution in [-0.2, 0) is 0 Å². The number of hydrogen-bond donors (Lipinski definition) is 0. The van der Waals surface area contributed by atoms with Crippen LogP contribution in [-0.4, -0.2) is 14.0 Å². The maximum absolute atomic E-state index is 5.36. The van der Waals surface area contributed by atoms with Crippen molar-refractivity contribution in [3.05, 3.63) is 170 Å². The molecule has 0 aliphatic heterocycles. The summed E-state index contributed by atoms with van der Waals surface area (Å²) < 4.78 is 4.78. The number of pyridine rings is 2. The number of para-hydroxylation sites is 3. The molecule has 0 amide bonds. The highest BCUT2D eigenvalue weighted by Gasteiger charge is 2.21. The zero-order chi connectivity index (χ0) is 31.5. The van der Waals surface area contributed by atoms with Crippen LogP contribution in [0.3, 0.4) is 0 Å². The van der Waals surface area contributed by atoms with E-state index in [2.05, 4.69) is 161 Å². The first-order valence-corrected chi connectivity index (χ1v) is 16.1. The molecule has 3 heteroatoms. The quantitative estimate of drug-likeness (QED) is 0.142. The first-order chi connectivity index (χ1) is 23.2. The molecule has 3 nitrogen and oxygen atoms in total. The highest BCUT2D eigenvalue weighted by atomic mass is 15.1. The Labute approximate surface area is 272 Å². The summed E-state index contributed by atoms with van der Waals surface area (Å²) in [5.41, 5.74) is 10.1. The van der Waals surface area contributed by atoms with Gasteiger partial charge < -0.3 is 4.40 Å². The van der Waals surface area contributed by atoms with Crippen LogP contribution >= 0.6 is 0 Å². The van der Waals surface area contributed by atoms with Gasteiger partial charge in [0.15, 0.2) is 0 Å². The van der Waals surface area contributed by atoms with Crippen molar-refractivity contribution >= 4 is 65.5 Å². The number of aromatic nitrogens is 3. The molecule has 0 N–H and O–H groups in total. The first-order valence-electron chi connectivity index (χ1n) is 16.1. The third-order valence-corrected chi connectivity index (χ3v) is 9.33. The molecule has 9 rings (SSSR count). The van der Waals surface area contributed by atoms with Gasteiger partial charge in [-0.2, -0.15) is 0 Å². The summed E-state index contributed by atoms with van der Waals surface area (Å²) in [6.07, 6.45) is 8.11. The van der Waals surface area contributed by atoms with E-state index in [0.29, 0.717) is 0 Å². The van der Waals surface area contributed by atoms with Gasteiger partial charge in [0, 0.05) is 32.5 Å². The van der Waals surface area contributed by atoms with Gasteiger partial charge in [-0.05, 0) is 65.9 Å². The third-order valence-electron chi connectivity index (χ3n) is 9.33. The Balaban J connectivity index is 1.46. The molecular formula is C44H31N3. The second-order valence-electron chi connectivity index (χ2n) is 12.0. The van der Waals surface area contributed by atoms with Gasteiger partial charge in [-0.25, -0.2) is 4.98 Å². The van der Waals surface area contributed by atoms with E-state index in [1.807, 2.05) is 19.1 Å². The fourth-order valence-electron chi connectivity index (χ4n) is 7.40. The average Bonchev–Trinajstić information content (AvgIpc) is 3.68. The smallest absolute Gasteiger partial charge is 0.138 e. The molecule has 5 aromatic carbocycles. The normalized spacial score (nSPS) is 12.5. The summed E-state index contributed by atoms with van der Waals surface area (Å²) >= 11 is 0. The van der Waals surface area contributed by atoms with Crippen molar-refractivity contribution in [3.63, 3.8) is 0 Å². The Kier molecular flexibility index (Phi) is 6.19. The summed E-state index contributed by atoms with van der Waals surface area (Å²) in [5, 5.41) is 7.43. The summed E-state index contributed by atoms with van der Waals surface area (Å²) in [6, 6.07) is 48.0. The number of rotatable bonds is 5. The highest BCUT2D eigenvalue weighted by Crippen LogP contribution is 2.43. The van der Waals surface area contributed by atoms with E-state index in [4.69, 9.17) is 4.98 Å². The van der Waals surface area contributed by atoms with Crippen LogP contribution in [0, 0.1) is 0 Å². The van der Waals surface area contributed by atoms with Gasteiger partial charge in [-0.1, -0.05) is 122 Å². The molecule has 0 unspecified atom stereocenters. The summed E-state index contributed by atoms with van der Waals surface area (Å²) in [6.45, 7) is 6.05. The maximum Gasteiger partial charge on any atom is 0.138 e. The van der Waals surface area contributed by atoms with E-state index < -0.39 is 0 Å². The number of nitrogens with zero attached hydrogens (tertiary/aromatic N) is 3. The van der Waals surface area contributed by atoms with E-state index in [1.165, 1.54) is 48.9 Å². The lowest BCUT2D eigenvalue weighted by molar-refractivity contribution is 1.08. The van der Waals surface area contributed by atoms with Gasteiger partial charge in [0.05, 0.1) is 33.3 Å². The topological polar surface area (TPSA) is 22.2 Å². The van der Waals surface area contributed by atoms with Gasteiger partial charge >= 0.3 is 0 Å². The highest BCUT2D eigenvalue weighted by molar-refractivity contribution is 6.30. The molecule has 0 saturated heterocycles. The second kappa shape index (κ2) is 10.7. The van der Waals surface area contributed by atoms with E-state index >= 15 is 0 Å². The summed E-state index contributed by atoms with van der Waals surface area (Å²) in [5.74, 6) is 0.878. The molecule has 0 spiro atoms. The zero-order valence-electron chi connectivity index (χ0n) is 26.1. The summed E-state index contributed by atoms with van der Waals surface area (Å²) in [7, 11) is 0. The molecule has 0 aliphatic carbocycles. The zero-order valence-corrected chi connectivity index (χ0v) is 26.1. The van der Waals surface area contributed by atoms with Crippen molar-refractivity contribution < 1.29 is 0 Å². The molecule has 0 bridgehead atoms. The van der Waals surface area contributed by atoms with Gasteiger partial charge in [0.25, 0.3) is 0 Å². The maximum atomic E-state index is 5.36. The molecular weight excluding hydrogens is 571 g/mol. The molecule has 0 radical (unpaired) electrons. The number of allylic oxidation sites excluding steroid dienone is 5. The lowest BCUT2D eigenvalue weighted by Crippen LogP contribution is -2.01. The van der Waals surface area contributed by atoms with Crippen LogP contribution in [0.2, 0.25) is 0 Å². The predicted molar refractivity (Wildman–Crippen MR) is 200 cm³/mol. The number of fused-ring (bicyclic) bond motifs is 12. The number of hydrogen-bond acceptors (Lipinski definition) is 1. The minimum Gasteiger partial charge on any atom is -0.309 e. The van der Waals surface area contributed by atoms with Crippen molar-refractivity contribution in [2.75, 3.05) is 0 Å². The van der Waals surface area contributed by atoms with Crippen LogP contribution in [0.25, 0.3) is 82.5 Å². The fourth-order valence-corrected chi connectivity index (χ4v) is 7.40. The Morgan fingerprint density at radius 3 is 2.13 bits per heavy atom. The van der Waals surface area contributed by atoms with Crippen molar-refractivity contribution in [2.45, 2.75) is 6.92 Å². The van der Waals surface area contributed by atoms with Crippen molar-refractivity contribution in [1.29, 1.82) is 0 Å². The van der Waals surface area contributed by atoms with E-state index in [9.17, 15) is 0 Å². The lowest BCUT2D eigenvalue weighted by Gasteiger charge is -2.14. The van der Waals surface area contributed by atoms with Crippen molar-refractivity contribution in [2.24, 2.45) is 0 Å². The Hall–Kier alpha value is -6.19. The largest absolute Gasteiger partial charge is 0.309 e. The molecule has 4 heterocycles. The summed E-state index contributed by atoms with van der Waals surface area (Å²) in [4.78, 5) is 5.36. The van der Waals surface area contributed by atoms with Crippen LogP contribution in [0.1, 0.15) is 12.5 Å². The molecule has 0 fully saturated rings. The molecule has 9 aromatic rings. The van der Waals surface area contributed by atoms with Crippen LogP contribution in [0.5, 0.6) is 0 Å². The fraction of sp³-hybridized carbons (Fsp3) is 0.0227. The van der Waals surface area contributed by atoms with Gasteiger partial charge in [0.2, 0.25) is 0 Å². The van der Waals surface area contributed by atoms with Crippen LogP contribution < -0.4 is 0 Å². The number of benzene rings is 5. The van der Waals surface area contributed by atoms with Crippen LogP contribution in [0.4, 0.5) is 0 Å². The van der Waals surface area contributed by atoms with Gasteiger partial charge in [0.1, 0.15) is 5.82 Å². The Bertz CT molecular complexity index is 2750. The van der Waals surface area contributed by atoms with Gasteiger partial charge in [-0.3, -0.25) is 4.57 Å². The molecule has 0 atom stereocenters. The van der Waals surface area contributed by atoms with Crippen molar-refractivity contribution in [1.82, 2.24) is 14.0 Å². The van der Waals surface area contributed by atoms with Crippen LogP contribution in [0.15, 0.2) is 164 Å². The molecule has 0 aliphatic rings. The first kappa shape index (κ1) is 27.1. The standard InChI is InChI=1S/C44H31N3/c1-3-14-29(15-4-2)32-26-36(30-16-6-5-7-17-30)45-42(28-32)47-39-23-13-10-20-35(39)44-40(47)25-24-34-33-19-9-12-22-38(33)46-37-21-11-8-18-31(37)27-41(46)43(34)44/h3-28H,1H2,2H3/b15-4-,29-14+. The monoisotopic (exact) mass is 601 g/mol. The SMILES string of the molecule is C=C/C=C(\C=C/C)c1cc(-c2ccccc2)nc(-n2c3ccccc3c3c4c(ccc32)c2ccccc2n2c3ccccc3cc42)c1. The molecule has 0 saturated carbocycles. The Morgan fingerprint density at radius 2 is 1.32 bits per heavy atom. The molecule has 222 valence electrons. The minimum absolute atomic E-state index is 0.878. The molecule has 4 aromatic heterocycles. The van der Waals surface area contributed by atoms with E-state index in [-0.39, 0.29) is 0 Å². The third kappa shape index (κ3) is 4.10. The minimum atomic E-state index is 0.878. The van der Waals surface area contributed by atoms with E-state index in [1.54, 1.807) is 0 Å².